The van der Waals surface area contributed by atoms with E-state index in [9.17, 15) is 22.0 Å². The van der Waals surface area contributed by atoms with Gasteiger partial charge in [-0.2, -0.15) is 13.2 Å². The van der Waals surface area contributed by atoms with Gasteiger partial charge in [0.1, 0.15) is 11.8 Å². The highest BCUT2D eigenvalue weighted by Gasteiger charge is 2.43. The molecule has 1 fully saturated rings. The molecule has 1 aliphatic rings. The van der Waals surface area contributed by atoms with Crippen molar-refractivity contribution < 1.29 is 26.7 Å². The maximum atomic E-state index is 13.9. The van der Waals surface area contributed by atoms with Gasteiger partial charge in [-0.05, 0) is 43.4 Å². The summed E-state index contributed by atoms with van der Waals surface area (Å²) >= 11 is 0. The van der Waals surface area contributed by atoms with E-state index in [2.05, 4.69) is 5.32 Å². The van der Waals surface area contributed by atoms with Crippen molar-refractivity contribution in [3.63, 3.8) is 0 Å². The standard InChI is InChI=1S/C17H22F5NO/c1-11(9-16(18,19)10-12-3-4-12)23-15(17(20,21)22)13-5-7-14(24-2)8-6-13/h5-8,11-12,15,23H,3-4,9-10H2,1-2H3. The lowest BCUT2D eigenvalue weighted by atomic mass is 10.0. The number of hydrogen-bond donors (Lipinski definition) is 1. The predicted octanol–water partition coefficient (Wildman–Crippen LogP) is 5.10. The van der Waals surface area contributed by atoms with Gasteiger partial charge in [-0.25, -0.2) is 8.78 Å². The fourth-order valence-corrected chi connectivity index (χ4v) is 2.80. The molecule has 0 heterocycles. The SMILES string of the molecule is COc1ccc(C(NC(C)CC(F)(F)CC2CC2)C(F)(F)F)cc1. The van der Waals surface area contributed by atoms with E-state index in [0.717, 1.165) is 12.8 Å². The Morgan fingerprint density at radius 3 is 2.17 bits per heavy atom. The van der Waals surface area contributed by atoms with E-state index in [1.54, 1.807) is 0 Å². The summed E-state index contributed by atoms with van der Waals surface area (Å²) in [5, 5.41) is 2.31. The Kier molecular flexibility index (Phi) is 5.73. The highest BCUT2D eigenvalue weighted by atomic mass is 19.4. The van der Waals surface area contributed by atoms with Crippen LogP contribution >= 0.6 is 0 Å². The Balaban J connectivity index is 2.04. The van der Waals surface area contributed by atoms with Crippen LogP contribution in [0.4, 0.5) is 22.0 Å². The van der Waals surface area contributed by atoms with Crippen LogP contribution in [0.3, 0.4) is 0 Å². The molecule has 0 aromatic heterocycles. The number of nitrogens with one attached hydrogen (secondary N) is 1. The van der Waals surface area contributed by atoms with Gasteiger partial charge in [0, 0.05) is 18.9 Å². The van der Waals surface area contributed by atoms with Crippen molar-refractivity contribution in [2.24, 2.45) is 5.92 Å². The van der Waals surface area contributed by atoms with Crippen molar-refractivity contribution in [3.8, 4) is 5.75 Å². The average molecular weight is 351 g/mol. The third-order valence-corrected chi connectivity index (χ3v) is 4.12. The molecule has 2 rings (SSSR count). The minimum Gasteiger partial charge on any atom is -0.497 e. The van der Waals surface area contributed by atoms with E-state index in [-0.39, 0.29) is 17.9 Å². The summed E-state index contributed by atoms with van der Waals surface area (Å²) in [5.41, 5.74) is -0.0272. The monoisotopic (exact) mass is 351 g/mol. The Morgan fingerprint density at radius 1 is 1.12 bits per heavy atom. The number of benzene rings is 1. The van der Waals surface area contributed by atoms with Crippen molar-refractivity contribution in [1.29, 1.82) is 0 Å². The number of ether oxygens (including phenoxy) is 1. The molecule has 1 aliphatic carbocycles. The summed E-state index contributed by atoms with van der Waals surface area (Å²) in [6.07, 6.45) is -3.85. The number of halogens is 5. The van der Waals surface area contributed by atoms with Crippen molar-refractivity contribution >= 4 is 0 Å². The molecule has 0 spiro atoms. The molecule has 1 saturated carbocycles. The number of rotatable bonds is 8. The summed E-state index contributed by atoms with van der Waals surface area (Å²) in [6, 6.07) is 2.46. The molecule has 2 nitrogen and oxygen atoms in total. The molecule has 0 saturated heterocycles. The van der Waals surface area contributed by atoms with Crippen LogP contribution in [0.25, 0.3) is 0 Å². The summed E-state index contributed by atoms with van der Waals surface area (Å²) < 4.78 is 72.6. The summed E-state index contributed by atoms with van der Waals surface area (Å²) in [7, 11) is 1.42. The zero-order valence-electron chi connectivity index (χ0n) is 13.7. The van der Waals surface area contributed by atoms with Gasteiger partial charge in [-0.15, -0.1) is 0 Å². The fourth-order valence-electron chi connectivity index (χ4n) is 2.80. The second-order valence-corrected chi connectivity index (χ2v) is 6.52. The summed E-state index contributed by atoms with van der Waals surface area (Å²) in [4.78, 5) is 0. The summed E-state index contributed by atoms with van der Waals surface area (Å²) in [5.74, 6) is -2.49. The lowest BCUT2D eigenvalue weighted by Crippen LogP contribution is -2.42. The van der Waals surface area contributed by atoms with E-state index in [0.29, 0.717) is 5.75 Å². The molecule has 24 heavy (non-hydrogen) atoms. The Bertz CT molecular complexity index is 525. The van der Waals surface area contributed by atoms with Gasteiger partial charge in [0.25, 0.3) is 0 Å². The van der Waals surface area contributed by atoms with Gasteiger partial charge in [0.05, 0.1) is 7.11 Å². The summed E-state index contributed by atoms with van der Waals surface area (Å²) in [6.45, 7) is 1.36. The second-order valence-electron chi connectivity index (χ2n) is 6.52. The average Bonchev–Trinajstić information content (AvgIpc) is 3.26. The smallest absolute Gasteiger partial charge is 0.407 e. The minimum absolute atomic E-state index is 0.0206. The van der Waals surface area contributed by atoms with Crippen LogP contribution in [-0.4, -0.2) is 25.3 Å². The first kappa shape index (κ1) is 19.0. The van der Waals surface area contributed by atoms with Crippen molar-refractivity contribution in [2.45, 2.75) is 56.8 Å². The molecular formula is C17H22F5NO. The van der Waals surface area contributed by atoms with Crippen LogP contribution in [0.2, 0.25) is 0 Å². The molecule has 136 valence electrons. The zero-order valence-corrected chi connectivity index (χ0v) is 13.7. The van der Waals surface area contributed by atoms with Gasteiger partial charge in [-0.3, -0.25) is 5.32 Å². The normalized spacial score (nSPS) is 18.3. The molecule has 0 aliphatic heterocycles. The van der Waals surface area contributed by atoms with Crippen LogP contribution in [0, 0.1) is 5.92 Å². The molecule has 0 bridgehead atoms. The van der Waals surface area contributed by atoms with Crippen LogP contribution in [0.1, 0.15) is 44.2 Å². The quantitative estimate of drug-likeness (QED) is 0.658. The first-order valence-corrected chi connectivity index (χ1v) is 7.95. The van der Waals surface area contributed by atoms with Gasteiger partial charge >= 0.3 is 6.18 Å². The predicted molar refractivity (Wildman–Crippen MR) is 81.3 cm³/mol. The maximum absolute atomic E-state index is 13.9. The Morgan fingerprint density at radius 2 is 1.71 bits per heavy atom. The minimum atomic E-state index is -4.57. The lowest BCUT2D eigenvalue weighted by Gasteiger charge is -2.28. The molecule has 0 radical (unpaired) electrons. The number of alkyl halides is 5. The molecular weight excluding hydrogens is 329 g/mol. The number of hydrogen-bond acceptors (Lipinski definition) is 2. The second kappa shape index (κ2) is 7.25. The van der Waals surface area contributed by atoms with E-state index >= 15 is 0 Å². The van der Waals surface area contributed by atoms with E-state index in [4.69, 9.17) is 4.74 Å². The van der Waals surface area contributed by atoms with Crippen LogP contribution in [0.15, 0.2) is 24.3 Å². The van der Waals surface area contributed by atoms with Crippen molar-refractivity contribution in [1.82, 2.24) is 5.32 Å². The third-order valence-electron chi connectivity index (χ3n) is 4.12. The first-order chi connectivity index (χ1) is 11.1. The van der Waals surface area contributed by atoms with Gasteiger partial charge in [0.15, 0.2) is 0 Å². The van der Waals surface area contributed by atoms with E-state index < -0.39 is 30.6 Å². The highest BCUT2D eigenvalue weighted by molar-refractivity contribution is 5.30. The topological polar surface area (TPSA) is 21.3 Å². The van der Waals surface area contributed by atoms with Gasteiger partial charge in [0.2, 0.25) is 5.92 Å². The zero-order chi connectivity index (χ0) is 18.0. The largest absolute Gasteiger partial charge is 0.497 e. The molecule has 1 aromatic rings. The fraction of sp³-hybridized carbons (Fsp3) is 0.647. The molecule has 1 aromatic carbocycles. The molecule has 1 N–H and O–H groups in total. The molecule has 0 amide bonds. The van der Waals surface area contributed by atoms with E-state index in [1.807, 2.05) is 0 Å². The number of methoxy groups -OCH3 is 1. The van der Waals surface area contributed by atoms with Crippen LogP contribution in [-0.2, 0) is 0 Å². The molecule has 2 atom stereocenters. The van der Waals surface area contributed by atoms with E-state index in [1.165, 1.54) is 38.3 Å². The molecule has 2 unspecified atom stereocenters. The first-order valence-electron chi connectivity index (χ1n) is 7.95. The lowest BCUT2D eigenvalue weighted by molar-refractivity contribution is -0.161. The maximum Gasteiger partial charge on any atom is 0.407 e. The highest BCUT2D eigenvalue weighted by Crippen LogP contribution is 2.41. The van der Waals surface area contributed by atoms with Gasteiger partial charge in [-0.1, -0.05) is 12.1 Å². The third kappa shape index (κ3) is 5.61. The molecule has 7 heteroatoms. The van der Waals surface area contributed by atoms with Crippen LogP contribution in [0.5, 0.6) is 5.75 Å². The van der Waals surface area contributed by atoms with Gasteiger partial charge < -0.3 is 4.74 Å². The van der Waals surface area contributed by atoms with Crippen molar-refractivity contribution in [3.05, 3.63) is 29.8 Å². The van der Waals surface area contributed by atoms with Crippen molar-refractivity contribution in [2.75, 3.05) is 7.11 Å². The Hall–Kier alpha value is -1.37. The Labute approximate surface area is 138 Å². The van der Waals surface area contributed by atoms with Crippen LogP contribution < -0.4 is 10.1 Å².